The number of aromatic nitrogens is 2. The average Bonchev–Trinajstić information content (AvgIpc) is 3.21. The van der Waals surface area contributed by atoms with E-state index in [2.05, 4.69) is 21.7 Å². The number of nitrogens with zero attached hydrogens (tertiary/aromatic N) is 3. The first-order valence-corrected chi connectivity index (χ1v) is 8.45. The maximum Gasteiger partial charge on any atom is 0.373 e. The van der Waals surface area contributed by atoms with Gasteiger partial charge in [0.15, 0.2) is 0 Å². The minimum absolute atomic E-state index is 0.222. The zero-order chi connectivity index (χ0) is 18.7. The maximum absolute atomic E-state index is 11.5. The Morgan fingerprint density at radius 1 is 1.15 bits per heavy atom. The van der Waals surface area contributed by atoms with E-state index in [0.717, 1.165) is 29.4 Å². The highest BCUT2D eigenvalue weighted by Gasteiger charge is 2.16. The lowest BCUT2D eigenvalue weighted by Crippen LogP contribution is -2.18. The fraction of sp³-hybridized carbons (Fsp3) is 0.300. The molecule has 0 spiro atoms. The van der Waals surface area contributed by atoms with Crippen molar-refractivity contribution in [2.24, 2.45) is 0 Å². The summed E-state index contributed by atoms with van der Waals surface area (Å²) in [4.78, 5) is 13.6. The summed E-state index contributed by atoms with van der Waals surface area (Å²) in [6, 6.07) is 13.5. The van der Waals surface area contributed by atoms with Gasteiger partial charge in [-0.3, -0.25) is 4.90 Å². The predicted molar refractivity (Wildman–Crippen MR) is 98.3 cm³/mol. The summed E-state index contributed by atoms with van der Waals surface area (Å²) < 4.78 is 12.2. The van der Waals surface area contributed by atoms with Gasteiger partial charge in [-0.1, -0.05) is 18.2 Å². The number of esters is 1. The van der Waals surface area contributed by atoms with Crippen molar-refractivity contribution >= 4 is 5.97 Å². The van der Waals surface area contributed by atoms with E-state index in [-0.39, 0.29) is 5.76 Å². The number of ether oxygens (including phenoxy) is 1. The van der Waals surface area contributed by atoms with E-state index < -0.39 is 5.97 Å². The van der Waals surface area contributed by atoms with Crippen LogP contribution >= 0.6 is 0 Å². The van der Waals surface area contributed by atoms with Gasteiger partial charge in [0.05, 0.1) is 25.0 Å². The highest BCUT2D eigenvalue weighted by molar-refractivity contribution is 5.86. The molecule has 0 amide bonds. The molecule has 0 saturated heterocycles. The second-order valence-electron chi connectivity index (χ2n) is 6.33. The molecular formula is C20H23N3O3. The van der Waals surface area contributed by atoms with Gasteiger partial charge in [0, 0.05) is 17.8 Å². The van der Waals surface area contributed by atoms with Crippen LogP contribution in [0.25, 0.3) is 5.69 Å². The monoisotopic (exact) mass is 353 g/mol. The number of para-hydroxylation sites is 1. The standard InChI is InChI=1S/C20H23N3O3/c1-14-18(15(2)23(21-14)16-8-6-5-7-9-16)13-22(3)12-17-10-11-19(26-17)20(24)25-4/h5-11H,12-13H2,1-4H3. The minimum atomic E-state index is -0.463. The molecule has 0 aliphatic heterocycles. The SMILES string of the molecule is COC(=O)c1ccc(CN(C)Cc2c(C)nn(-c3ccccc3)c2C)o1. The number of carbonyl (C=O) groups is 1. The van der Waals surface area contributed by atoms with Crippen molar-refractivity contribution in [1.29, 1.82) is 0 Å². The largest absolute Gasteiger partial charge is 0.463 e. The average molecular weight is 353 g/mol. The quantitative estimate of drug-likeness (QED) is 0.635. The predicted octanol–water partition coefficient (Wildman–Crippen LogP) is 3.50. The third-order valence-electron chi connectivity index (χ3n) is 4.34. The lowest BCUT2D eigenvalue weighted by Gasteiger charge is -2.15. The molecule has 3 aromatic rings. The normalized spacial score (nSPS) is 11.1. The summed E-state index contributed by atoms with van der Waals surface area (Å²) in [5.74, 6) is 0.480. The Morgan fingerprint density at radius 3 is 2.58 bits per heavy atom. The van der Waals surface area contributed by atoms with Crippen molar-refractivity contribution in [2.45, 2.75) is 26.9 Å². The second-order valence-corrected chi connectivity index (χ2v) is 6.33. The molecule has 0 unspecified atom stereocenters. The molecule has 0 aliphatic rings. The maximum atomic E-state index is 11.5. The van der Waals surface area contributed by atoms with Crippen LogP contribution in [-0.4, -0.2) is 34.8 Å². The number of aryl methyl sites for hydroxylation is 1. The molecule has 0 atom stereocenters. The highest BCUT2D eigenvalue weighted by atomic mass is 16.5. The zero-order valence-corrected chi connectivity index (χ0v) is 15.5. The van der Waals surface area contributed by atoms with Gasteiger partial charge in [0.2, 0.25) is 5.76 Å². The minimum Gasteiger partial charge on any atom is -0.463 e. The molecule has 136 valence electrons. The molecule has 1 aromatic carbocycles. The van der Waals surface area contributed by atoms with Crippen molar-refractivity contribution in [2.75, 3.05) is 14.2 Å². The van der Waals surface area contributed by atoms with Gasteiger partial charge in [-0.15, -0.1) is 0 Å². The number of methoxy groups -OCH3 is 1. The van der Waals surface area contributed by atoms with Crippen molar-refractivity contribution in [3.63, 3.8) is 0 Å². The van der Waals surface area contributed by atoms with Crippen molar-refractivity contribution < 1.29 is 13.9 Å². The van der Waals surface area contributed by atoms with E-state index in [1.807, 2.05) is 49.0 Å². The van der Waals surface area contributed by atoms with Crippen molar-refractivity contribution in [3.05, 3.63) is 70.9 Å². The number of hydrogen-bond donors (Lipinski definition) is 0. The first kappa shape index (κ1) is 17.9. The Kier molecular flexibility index (Phi) is 5.23. The summed E-state index contributed by atoms with van der Waals surface area (Å²) in [6.07, 6.45) is 0. The third-order valence-corrected chi connectivity index (χ3v) is 4.34. The van der Waals surface area contributed by atoms with Crippen LogP contribution in [0.2, 0.25) is 0 Å². The van der Waals surface area contributed by atoms with E-state index in [1.165, 1.54) is 12.7 Å². The highest BCUT2D eigenvalue weighted by Crippen LogP contribution is 2.20. The molecule has 0 saturated carbocycles. The Balaban J connectivity index is 1.73. The van der Waals surface area contributed by atoms with Gasteiger partial charge < -0.3 is 9.15 Å². The van der Waals surface area contributed by atoms with Gasteiger partial charge >= 0.3 is 5.97 Å². The van der Waals surface area contributed by atoms with Crippen LogP contribution in [0.1, 0.15) is 33.3 Å². The van der Waals surface area contributed by atoms with Gasteiger partial charge in [-0.05, 0) is 45.2 Å². The van der Waals surface area contributed by atoms with Crippen LogP contribution in [0.15, 0.2) is 46.9 Å². The van der Waals surface area contributed by atoms with E-state index in [0.29, 0.717) is 6.54 Å². The molecule has 26 heavy (non-hydrogen) atoms. The number of rotatable bonds is 6. The number of carbonyl (C=O) groups excluding carboxylic acids is 1. The lowest BCUT2D eigenvalue weighted by molar-refractivity contribution is 0.0561. The van der Waals surface area contributed by atoms with Crippen LogP contribution in [0.4, 0.5) is 0 Å². The molecule has 3 rings (SSSR count). The summed E-state index contributed by atoms with van der Waals surface area (Å²) in [6.45, 7) is 5.43. The van der Waals surface area contributed by atoms with E-state index in [1.54, 1.807) is 12.1 Å². The van der Waals surface area contributed by atoms with Gasteiger partial charge in [0.25, 0.3) is 0 Å². The second kappa shape index (κ2) is 7.58. The van der Waals surface area contributed by atoms with Gasteiger partial charge in [-0.2, -0.15) is 5.10 Å². The molecule has 0 aliphatic carbocycles. The third kappa shape index (κ3) is 3.70. The van der Waals surface area contributed by atoms with Crippen LogP contribution in [-0.2, 0) is 17.8 Å². The van der Waals surface area contributed by atoms with E-state index in [9.17, 15) is 4.79 Å². The Bertz CT molecular complexity index is 896. The Labute approximate surface area is 153 Å². The number of hydrogen-bond acceptors (Lipinski definition) is 5. The topological polar surface area (TPSA) is 60.5 Å². The molecule has 0 bridgehead atoms. The summed E-state index contributed by atoms with van der Waals surface area (Å²) in [7, 11) is 3.35. The van der Waals surface area contributed by atoms with Crippen LogP contribution < -0.4 is 0 Å². The van der Waals surface area contributed by atoms with Crippen molar-refractivity contribution in [3.8, 4) is 5.69 Å². The fourth-order valence-corrected chi connectivity index (χ4v) is 2.99. The van der Waals surface area contributed by atoms with E-state index in [4.69, 9.17) is 4.42 Å². The molecule has 2 heterocycles. The smallest absolute Gasteiger partial charge is 0.373 e. The van der Waals surface area contributed by atoms with Crippen LogP contribution in [0.5, 0.6) is 0 Å². The van der Waals surface area contributed by atoms with Crippen molar-refractivity contribution in [1.82, 2.24) is 14.7 Å². The first-order chi connectivity index (χ1) is 12.5. The molecule has 0 radical (unpaired) electrons. The number of furan rings is 1. The lowest BCUT2D eigenvalue weighted by atomic mass is 10.2. The molecule has 6 nitrogen and oxygen atoms in total. The molecule has 2 aromatic heterocycles. The van der Waals surface area contributed by atoms with Gasteiger partial charge in [0.1, 0.15) is 5.76 Å². The Hall–Kier alpha value is -2.86. The van der Waals surface area contributed by atoms with Crippen LogP contribution in [0.3, 0.4) is 0 Å². The Morgan fingerprint density at radius 2 is 1.88 bits per heavy atom. The summed E-state index contributed by atoms with van der Waals surface area (Å²) in [5.41, 5.74) is 4.37. The number of benzene rings is 1. The molecule has 0 N–H and O–H groups in total. The fourth-order valence-electron chi connectivity index (χ4n) is 2.99. The van der Waals surface area contributed by atoms with E-state index >= 15 is 0 Å². The zero-order valence-electron chi connectivity index (χ0n) is 15.5. The molecule has 6 heteroatoms. The van der Waals surface area contributed by atoms with Crippen LogP contribution in [0, 0.1) is 13.8 Å². The summed E-state index contributed by atoms with van der Waals surface area (Å²) in [5, 5.41) is 4.68. The first-order valence-electron chi connectivity index (χ1n) is 8.45. The molecular weight excluding hydrogens is 330 g/mol. The molecule has 0 fully saturated rings. The van der Waals surface area contributed by atoms with Gasteiger partial charge in [-0.25, -0.2) is 9.48 Å². The summed E-state index contributed by atoms with van der Waals surface area (Å²) >= 11 is 0.